The summed E-state index contributed by atoms with van der Waals surface area (Å²) in [6.45, 7) is 7.08. The fourth-order valence-electron chi connectivity index (χ4n) is 4.50. The average molecular weight is 538 g/mol. The van der Waals surface area contributed by atoms with Gasteiger partial charge in [0, 0.05) is 48.9 Å². The highest BCUT2D eigenvalue weighted by Crippen LogP contribution is 2.19. The highest BCUT2D eigenvalue weighted by molar-refractivity contribution is 7.11. The maximum atomic E-state index is 13.7. The van der Waals surface area contributed by atoms with Crippen molar-refractivity contribution < 1.29 is 18.7 Å². The van der Waals surface area contributed by atoms with E-state index in [9.17, 15) is 14.0 Å². The largest absolute Gasteiger partial charge is 0.379 e. The zero-order valence-corrected chi connectivity index (χ0v) is 22.8. The van der Waals surface area contributed by atoms with Crippen LogP contribution in [-0.2, 0) is 33.8 Å². The second kappa shape index (κ2) is 14.2. The van der Waals surface area contributed by atoms with Gasteiger partial charge >= 0.3 is 0 Å². The SMILES string of the molecule is Cc1ccc(CN(Cc2ccc(F)cc2)C(=O)CN(CCN2CCOCC2)C(=O)CCc2ccccc2)s1. The van der Waals surface area contributed by atoms with Gasteiger partial charge in [0.1, 0.15) is 5.82 Å². The predicted molar refractivity (Wildman–Crippen MR) is 148 cm³/mol. The van der Waals surface area contributed by atoms with Gasteiger partial charge in [-0.05, 0) is 48.7 Å². The molecule has 1 fully saturated rings. The van der Waals surface area contributed by atoms with Crippen LogP contribution in [0.4, 0.5) is 4.39 Å². The number of ether oxygens (including phenoxy) is 1. The van der Waals surface area contributed by atoms with Crippen molar-refractivity contribution in [3.8, 4) is 0 Å². The van der Waals surface area contributed by atoms with E-state index in [0.717, 1.165) is 29.1 Å². The van der Waals surface area contributed by atoms with E-state index >= 15 is 0 Å². The van der Waals surface area contributed by atoms with Crippen LogP contribution in [0, 0.1) is 12.7 Å². The molecule has 3 aromatic rings. The molecule has 202 valence electrons. The topological polar surface area (TPSA) is 53.1 Å². The number of amides is 2. The molecular weight excluding hydrogens is 501 g/mol. The van der Waals surface area contributed by atoms with Gasteiger partial charge in [0.15, 0.2) is 0 Å². The number of carbonyl (C=O) groups excluding carboxylic acids is 2. The van der Waals surface area contributed by atoms with Crippen LogP contribution in [0.15, 0.2) is 66.7 Å². The molecule has 2 heterocycles. The smallest absolute Gasteiger partial charge is 0.242 e. The van der Waals surface area contributed by atoms with Crippen LogP contribution < -0.4 is 0 Å². The Morgan fingerprint density at radius 2 is 1.63 bits per heavy atom. The summed E-state index contributed by atoms with van der Waals surface area (Å²) in [7, 11) is 0. The van der Waals surface area contributed by atoms with Crippen molar-refractivity contribution in [3.63, 3.8) is 0 Å². The number of morpholine rings is 1. The van der Waals surface area contributed by atoms with E-state index in [1.807, 2.05) is 49.4 Å². The van der Waals surface area contributed by atoms with Crippen LogP contribution in [0.5, 0.6) is 0 Å². The van der Waals surface area contributed by atoms with Gasteiger partial charge in [-0.2, -0.15) is 0 Å². The molecule has 1 aliphatic heterocycles. The van der Waals surface area contributed by atoms with E-state index in [4.69, 9.17) is 4.74 Å². The lowest BCUT2D eigenvalue weighted by molar-refractivity contribution is -0.141. The number of halogens is 1. The summed E-state index contributed by atoms with van der Waals surface area (Å²) in [6.07, 6.45) is 0.984. The van der Waals surface area contributed by atoms with Gasteiger partial charge in [0.25, 0.3) is 0 Å². The standard InChI is InChI=1S/C30H36FN3O3S/c1-24-7-13-28(38-24)22-34(21-26-8-11-27(31)12-9-26)30(36)23-33(16-15-32-17-19-37-20-18-32)29(35)14-10-25-5-3-2-4-6-25/h2-9,11-13H,10,14-23H2,1H3. The molecule has 1 aliphatic rings. The minimum absolute atomic E-state index is 0.0174. The number of thiophene rings is 1. The molecule has 0 spiro atoms. The number of nitrogens with zero attached hydrogens (tertiary/aromatic N) is 3. The second-order valence-electron chi connectivity index (χ2n) is 9.64. The van der Waals surface area contributed by atoms with Gasteiger partial charge in [0.05, 0.1) is 26.3 Å². The molecule has 0 atom stereocenters. The first-order valence-electron chi connectivity index (χ1n) is 13.2. The van der Waals surface area contributed by atoms with Crippen molar-refractivity contribution in [2.24, 2.45) is 0 Å². The quantitative estimate of drug-likeness (QED) is 0.341. The molecule has 8 heteroatoms. The molecule has 0 radical (unpaired) electrons. The summed E-state index contributed by atoms with van der Waals surface area (Å²) in [5.41, 5.74) is 1.95. The molecule has 0 unspecified atom stereocenters. The Labute approximate surface area is 228 Å². The van der Waals surface area contributed by atoms with Crippen LogP contribution in [0.2, 0.25) is 0 Å². The first kappa shape index (κ1) is 28.0. The van der Waals surface area contributed by atoms with E-state index < -0.39 is 0 Å². The zero-order chi connectivity index (χ0) is 26.7. The predicted octanol–water partition coefficient (Wildman–Crippen LogP) is 4.52. The van der Waals surface area contributed by atoms with E-state index in [2.05, 4.69) is 4.90 Å². The van der Waals surface area contributed by atoms with Gasteiger partial charge < -0.3 is 14.5 Å². The van der Waals surface area contributed by atoms with Crippen molar-refractivity contribution in [2.75, 3.05) is 45.9 Å². The molecule has 1 saturated heterocycles. The van der Waals surface area contributed by atoms with Gasteiger partial charge in [-0.25, -0.2) is 4.39 Å². The number of hydrogen-bond acceptors (Lipinski definition) is 5. The average Bonchev–Trinajstić information content (AvgIpc) is 3.35. The Hall–Kier alpha value is -3.07. The Bertz CT molecular complexity index is 1160. The number of aryl methyl sites for hydroxylation is 2. The lowest BCUT2D eigenvalue weighted by atomic mass is 10.1. The van der Waals surface area contributed by atoms with Crippen LogP contribution in [0.1, 0.15) is 27.3 Å². The molecule has 0 N–H and O–H groups in total. The van der Waals surface area contributed by atoms with Crippen molar-refractivity contribution in [2.45, 2.75) is 32.9 Å². The molecule has 2 aromatic carbocycles. The number of benzene rings is 2. The summed E-state index contributed by atoms with van der Waals surface area (Å²) >= 11 is 1.65. The molecule has 38 heavy (non-hydrogen) atoms. The van der Waals surface area contributed by atoms with Gasteiger partial charge in [0.2, 0.25) is 11.8 Å². The first-order valence-corrected chi connectivity index (χ1v) is 14.0. The molecule has 0 aliphatic carbocycles. The summed E-state index contributed by atoms with van der Waals surface area (Å²) in [5.74, 6) is -0.446. The van der Waals surface area contributed by atoms with Crippen LogP contribution >= 0.6 is 11.3 Å². The molecule has 0 bridgehead atoms. The van der Waals surface area contributed by atoms with Crippen molar-refractivity contribution in [1.29, 1.82) is 0 Å². The maximum absolute atomic E-state index is 13.7. The lowest BCUT2D eigenvalue weighted by Crippen LogP contribution is -2.47. The van der Waals surface area contributed by atoms with E-state index in [1.54, 1.807) is 33.3 Å². The summed E-state index contributed by atoms with van der Waals surface area (Å²) < 4.78 is 18.9. The van der Waals surface area contributed by atoms with E-state index in [-0.39, 0.29) is 24.2 Å². The van der Waals surface area contributed by atoms with Gasteiger partial charge in [-0.1, -0.05) is 42.5 Å². The third-order valence-corrected chi connectivity index (χ3v) is 7.71. The molecule has 0 saturated carbocycles. The summed E-state index contributed by atoms with van der Waals surface area (Å²) in [6, 6.07) is 20.3. The fraction of sp³-hybridized carbons (Fsp3) is 0.400. The Morgan fingerprint density at radius 1 is 0.895 bits per heavy atom. The van der Waals surface area contributed by atoms with E-state index in [1.165, 1.54) is 17.0 Å². The van der Waals surface area contributed by atoms with Crippen molar-refractivity contribution in [3.05, 3.63) is 93.4 Å². The second-order valence-corrected chi connectivity index (χ2v) is 11.0. The molecule has 4 rings (SSSR count). The number of hydrogen-bond donors (Lipinski definition) is 0. The van der Waals surface area contributed by atoms with Gasteiger partial charge in [-0.15, -0.1) is 11.3 Å². The third-order valence-electron chi connectivity index (χ3n) is 6.72. The van der Waals surface area contributed by atoms with Crippen LogP contribution in [0.3, 0.4) is 0 Å². The minimum Gasteiger partial charge on any atom is -0.379 e. The van der Waals surface area contributed by atoms with E-state index in [0.29, 0.717) is 52.2 Å². The Morgan fingerprint density at radius 3 is 2.32 bits per heavy atom. The van der Waals surface area contributed by atoms with Gasteiger partial charge in [-0.3, -0.25) is 14.5 Å². The lowest BCUT2D eigenvalue weighted by Gasteiger charge is -2.31. The molecular formula is C30H36FN3O3S. The Balaban J connectivity index is 1.46. The van der Waals surface area contributed by atoms with Crippen molar-refractivity contribution >= 4 is 23.2 Å². The monoisotopic (exact) mass is 537 g/mol. The highest BCUT2D eigenvalue weighted by Gasteiger charge is 2.23. The number of carbonyl (C=O) groups is 2. The highest BCUT2D eigenvalue weighted by atomic mass is 32.1. The maximum Gasteiger partial charge on any atom is 0.242 e. The molecule has 1 aromatic heterocycles. The summed E-state index contributed by atoms with van der Waals surface area (Å²) in [4.78, 5) is 35.1. The fourth-order valence-corrected chi connectivity index (χ4v) is 5.40. The zero-order valence-electron chi connectivity index (χ0n) is 22.0. The normalized spacial score (nSPS) is 13.8. The van der Waals surface area contributed by atoms with Crippen LogP contribution in [-0.4, -0.2) is 72.5 Å². The number of rotatable bonds is 12. The summed E-state index contributed by atoms with van der Waals surface area (Å²) in [5, 5.41) is 0. The minimum atomic E-state index is -0.307. The first-order chi connectivity index (χ1) is 18.5. The third kappa shape index (κ3) is 8.75. The van der Waals surface area contributed by atoms with Crippen molar-refractivity contribution in [1.82, 2.24) is 14.7 Å². The molecule has 6 nitrogen and oxygen atoms in total. The van der Waals surface area contributed by atoms with Crippen LogP contribution in [0.25, 0.3) is 0 Å². The molecule has 2 amide bonds. The Kier molecular flexibility index (Phi) is 10.4.